The summed E-state index contributed by atoms with van der Waals surface area (Å²) in [4.78, 5) is 9.12. The molecule has 0 saturated carbocycles. The number of piperazine rings is 1. The molecule has 122 valence electrons. The average molecular weight is 314 g/mol. The molecule has 0 spiro atoms. The van der Waals surface area contributed by atoms with Gasteiger partial charge in [-0.05, 0) is 13.1 Å². The number of nitrogens with zero attached hydrogens (tertiary/aromatic N) is 5. The van der Waals surface area contributed by atoms with Crippen molar-refractivity contribution in [1.82, 2.24) is 20.1 Å². The second kappa shape index (κ2) is 7.23. The predicted octanol–water partition coefficient (Wildman–Crippen LogP) is 1.24. The van der Waals surface area contributed by atoms with Crippen molar-refractivity contribution in [2.75, 3.05) is 50.6 Å². The van der Waals surface area contributed by atoms with Crippen molar-refractivity contribution in [3.05, 3.63) is 36.0 Å². The number of hydrogen-bond acceptors (Lipinski definition) is 7. The molecule has 7 heteroatoms. The fourth-order valence-electron chi connectivity index (χ4n) is 2.58. The van der Waals surface area contributed by atoms with E-state index in [2.05, 4.69) is 37.3 Å². The van der Waals surface area contributed by atoms with Crippen LogP contribution < -0.4 is 15.0 Å². The molecule has 1 N–H and O–H groups in total. The van der Waals surface area contributed by atoms with E-state index in [1.807, 2.05) is 24.3 Å². The zero-order valence-corrected chi connectivity index (χ0v) is 13.6. The first-order chi connectivity index (χ1) is 11.3. The van der Waals surface area contributed by atoms with E-state index in [1.54, 1.807) is 13.3 Å². The molecule has 1 aliphatic heterocycles. The Morgan fingerprint density at radius 2 is 1.96 bits per heavy atom. The van der Waals surface area contributed by atoms with Gasteiger partial charge in [-0.3, -0.25) is 0 Å². The van der Waals surface area contributed by atoms with Crippen LogP contribution in [0.15, 0.2) is 30.5 Å². The molecule has 0 aliphatic carbocycles. The highest BCUT2D eigenvalue weighted by atomic mass is 16.5. The molecule has 1 aromatic carbocycles. The first kappa shape index (κ1) is 15.5. The van der Waals surface area contributed by atoms with Crippen molar-refractivity contribution >= 4 is 11.8 Å². The summed E-state index contributed by atoms with van der Waals surface area (Å²) in [5.41, 5.74) is 1.06. The van der Waals surface area contributed by atoms with Crippen molar-refractivity contribution in [1.29, 1.82) is 0 Å². The number of methoxy groups -OCH3 is 1. The van der Waals surface area contributed by atoms with Crippen molar-refractivity contribution < 1.29 is 4.74 Å². The number of anilines is 2. The molecular formula is C16H22N6O. The molecule has 3 rings (SSSR count). The van der Waals surface area contributed by atoms with Crippen molar-refractivity contribution in [2.45, 2.75) is 6.54 Å². The molecule has 1 aromatic heterocycles. The Morgan fingerprint density at radius 1 is 1.17 bits per heavy atom. The maximum Gasteiger partial charge on any atom is 0.244 e. The minimum absolute atomic E-state index is 0.535. The van der Waals surface area contributed by atoms with Gasteiger partial charge in [-0.15, -0.1) is 5.10 Å². The van der Waals surface area contributed by atoms with Gasteiger partial charge in [0, 0.05) is 38.3 Å². The molecule has 23 heavy (non-hydrogen) atoms. The lowest BCUT2D eigenvalue weighted by Gasteiger charge is -2.32. The number of aromatic nitrogens is 3. The van der Waals surface area contributed by atoms with Crippen LogP contribution in [0.4, 0.5) is 11.8 Å². The number of nitrogens with one attached hydrogen (secondary N) is 1. The number of rotatable bonds is 5. The Hall–Kier alpha value is -2.41. The molecule has 0 atom stereocenters. The number of hydrogen-bond donors (Lipinski definition) is 1. The number of ether oxygens (including phenoxy) is 1. The molecule has 1 aliphatic rings. The van der Waals surface area contributed by atoms with Crippen LogP contribution in [-0.2, 0) is 6.54 Å². The first-order valence-electron chi connectivity index (χ1n) is 7.75. The van der Waals surface area contributed by atoms with Gasteiger partial charge in [0.15, 0.2) is 5.82 Å². The second-order valence-corrected chi connectivity index (χ2v) is 5.59. The summed E-state index contributed by atoms with van der Waals surface area (Å²) in [6.45, 7) is 4.59. The van der Waals surface area contributed by atoms with Crippen LogP contribution in [0.5, 0.6) is 5.75 Å². The summed E-state index contributed by atoms with van der Waals surface area (Å²) in [7, 11) is 3.81. The molecule has 7 nitrogen and oxygen atoms in total. The fourth-order valence-corrected chi connectivity index (χ4v) is 2.58. The van der Waals surface area contributed by atoms with Gasteiger partial charge < -0.3 is 19.9 Å². The van der Waals surface area contributed by atoms with Crippen LogP contribution in [-0.4, -0.2) is 60.4 Å². The summed E-state index contributed by atoms with van der Waals surface area (Å²) in [6.07, 6.45) is 1.72. The molecular weight excluding hydrogens is 292 g/mol. The topological polar surface area (TPSA) is 66.4 Å². The highest BCUT2D eigenvalue weighted by Gasteiger charge is 2.16. The largest absolute Gasteiger partial charge is 0.496 e. The Morgan fingerprint density at radius 3 is 2.74 bits per heavy atom. The molecule has 2 heterocycles. The summed E-state index contributed by atoms with van der Waals surface area (Å²) in [6, 6.07) is 7.90. The van der Waals surface area contributed by atoms with Crippen LogP contribution >= 0.6 is 0 Å². The van der Waals surface area contributed by atoms with Crippen LogP contribution in [0.1, 0.15) is 5.56 Å². The van der Waals surface area contributed by atoms with Gasteiger partial charge in [-0.25, -0.2) is 0 Å². The summed E-state index contributed by atoms with van der Waals surface area (Å²) >= 11 is 0. The van der Waals surface area contributed by atoms with Crippen LogP contribution in [0, 0.1) is 0 Å². The minimum atomic E-state index is 0.535. The summed E-state index contributed by atoms with van der Waals surface area (Å²) in [5.74, 6) is 2.26. The average Bonchev–Trinajstić information content (AvgIpc) is 2.61. The highest BCUT2D eigenvalue weighted by Crippen LogP contribution is 2.18. The third-order valence-corrected chi connectivity index (χ3v) is 4.00. The van der Waals surface area contributed by atoms with E-state index in [0.717, 1.165) is 43.3 Å². The predicted molar refractivity (Wildman–Crippen MR) is 89.9 cm³/mol. The third-order valence-electron chi connectivity index (χ3n) is 4.00. The van der Waals surface area contributed by atoms with E-state index < -0.39 is 0 Å². The van der Waals surface area contributed by atoms with E-state index in [-0.39, 0.29) is 0 Å². The molecule has 0 unspecified atom stereocenters. The quantitative estimate of drug-likeness (QED) is 0.890. The zero-order chi connectivity index (χ0) is 16.1. The van der Waals surface area contributed by atoms with Gasteiger partial charge >= 0.3 is 0 Å². The summed E-state index contributed by atoms with van der Waals surface area (Å²) < 4.78 is 5.35. The van der Waals surface area contributed by atoms with Crippen molar-refractivity contribution in [2.24, 2.45) is 0 Å². The SMILES string of the molecule is COc1ccccc1CNc1nncc(N2CCN(C)CC2)n1. The Kier molecular flexibility index (Phi) is 4.87. The Labute approximate surface area is 136 Å². The van der Waals surface area contributed by atoms with Gasteiger partial charge in [0.25, 0.3) is 0 Å². The van der Waals surface area contributed by atoms with Gasteiger partial charge in [0.05, 0.1) is 13.3 Å². The van der Waals surface area contributed by atoms with Crippen molar-refractivity contribution in [3.63, 3.8) is 0 Å². The summed E-state index contributed by atoms with van der Waals surface area (Å²) in [5, 5.41) is 11.4. The van der Waals surface area contributed by atoms with Crippen LogP contribution in [0.25, 0.3) is 0 Å². The number of likely N-dealkylation sites (N-methyl/N-ethyl adjacent to an activating group) is 1. The van der Waals surface area contributed by atoms with E-state index >= 15 is 0 Å². The third kappa shape index (κ3) is 3.87. The molecule has 1 saturated heterocycles. The lowest BCUT2D eigenvalue weighted by Crippen LogP contribution is -2.44. The van der Waals surface area contributed by atoms with Crippen LogP contribution in [0.2, 0.25) is 0 Å². The maximum atomic E-state index is 5.35. The van der Waals surface area contributed by atoms with E-state index in [1.165, 1.54) is 0 Å². The first-order valence-corrected chi connectivity index (χ1v) is 7.75. The molecule has 2 aromatic rings. The van der Waals surface area contributed by atoms with Crippen LogP contribution in [0.3, 0.4) is 0 Å². The van der Waals surface area contributed by atoms with Gasteiger partial charge in [-0.2, -0.15) is 10.1 Å². The van der Waals surface area contributed by atoms with E-state index in [4.69, 9.17) is 4.74 Å². The molecule has 0 bridgehead atoms. The lowest BCUT2D eigenvalue weighted by atomic mass is 10.2. The smallest absolute Gasteiger partial charge is 0.244 e. The van der Waals surface area contributed by atoms with E-state index in [0.29, 0.717) is 12.5 Å². The van der Waals surface area contributed by atoms with Gasteiger partial charge in [-0.1, -0.05) is 18.2 Å². The minimum Gasteiger partial charge on any atom is -0.496 e. The molecule has 0 radical (unpaired) electrons. The zero-order valence-electron chi connectivity index (χ0n) is 13.6. The highest BCUT2D eigenvalue weighted by molar-refractivity contribution is 5.42. The normalized spacial score (nSPS) is 15.5. The lowest BCUT2D eigenvalue weighted by molar-refractivity contribution is 0.312. The number of benzene rings is 1. The number of para-hydroxylation sites is 1. The Balaban J connectivity index is 1.66. The van der Waals surface area contributed by atoms with Gasteiger partial charge in [0.1, 0.15) is 5.75 Å². The molecule has 0 amide bonds. The second-order valence-electron chi connectivity index (χ2n) is 5.59. The molecule has 1 fully saturated rings. The standard InChI is InChI=1S/C16H22N6O/c1-21-7-9-22(10-8-21)15-12-18-20-16(19-15)17-11-13-5-3-4-6-14(13)23-2/h3-6,12H,7-11H2,1-2H3,(H,17,19,20). The van der Waals surface area contributed by atoms with Crippen molar-refractivity contribution in [3.8, 4) is 5.75 Å². The maximum absolute atomic E-state index is 5.35. The van der Waals surface area contributed by atoms with E-state index in [9.17, 15) is 0 Å². The monoisotopic (exact) mass is 314 g/mol. The van der Waals surface area contributed by atoms with Gasteiger partial charge in [0.2, 0.25) is 5.95 Å². The Bertz CT molecular complexity index is 642. The fraction of sp³-hybridized carbons (Fsp3) is 0.438.